The van der Waals surface area contributed by atoms with Crippen molar-refractivity contribution in [2.45, 2.75) is 6.92 Å². The maximum Gasteiger partial charge on any atom is 0.328 e. The summed E-state index contributed by atoms with van der Waals surface area (Å²) in [5.41, 5.74) is 0. The van der Waals surface area contributed by atoms with Gasteiger partial charge < -0.3 is 14.3 Å². The average Bonchev–Trinajstić information content (AvgIpc) is 2.10. The number of methoxy groups -OCH3 is 1. The summed E-state index contributed by atoms with van der Waals surface area (Å²) in [6.45, 7) is 1.74. The SMILES string of the molecule is COc1oc(C)cc1O. The molecule has 0 fully saturated rings. The van der Waals surface area contributed by atoms with E-state index in [9.17, 15) is 0 Å². The summed E-state index contributed by atoms with van der Waals surface area (Å²) in [5.74, 6) is 0.867. The summed E-state index contributed by atoms with van der Waals surface area (Å²) in [6.07, 6.45) is 0. The second-order valence-electron chi connectivity index (χ2n) is 1.73. The lowest BCUT2D eigenvalue weighted by Crippen LogP contribution is -1.77. The Bertz CT molecular complexity index is 202. The molecule has 3 nitrogen and oxygen atoms in total. The van der Waals surface area contributed by atoms with Gasteiger partial charge in [-0.25, -0.2) is 0 Å². The molecule has 1 aromatic rings. The topological polar surface area (TPSA) is 42.6 Å². The van der Waals surface area contributed by atoms with E-state index in [0.717, 1.165) is 0 Å². The molecule has 3 heteroatoms. The van der Waals surface area contributed by atoms with Crippen LogP contribution in [-0.4, -0.2) is 12.2 Å². The van der Waals surface area contributed by atoms with E-state index in [1.54, 1.807) is 6.92 Å². The van der Waals surface area contributed by atoms with Gasteiger partial charge in [-0.3, -0.25) is 0 Å². The van der Waals surface area contributed by atoms with Crippen LogP contribution in [0.25, 0.3) is 0 Å². The molecule has 0 spiro atoms. The highest BCUT2D eigenvalue weighted by atomic mass is 16.6. The zero-order chi connectivity index (χ0) is 6.85. The molecule has 0 aliphatic heterocycles. The Labute approximate surface area is 52.9 Å². The number of ether oxygens (including phenoxy) is 1. The van der Waals surface area contributed by atoms with Crippen LogP contribution >= 0.6 is 0 Å². The molecule has 0 aliphatic rings. The summed E-state index contributed by atoms with van der Waals surface area (Å²) >= 11 is 0. The summed E-state index contributed by atoms with van der Waals surface area (Å²) < 4.78 is 9.54. The van der Waals surface area contributed by atoms with Gasteiger partial charge in [0.15, 0.2) is 0 Å². The van der Waals surface area contributed by atoms with Gasteiger partial charge in [-0.05, 0) is 6.92 Å². The first kappa shape index (κ1) is 6.01. The maximum absolute atomic E-state index is 8.91. The van der Waals surface area contributed by atoms with Gasteiger partial charge in [-0.2, -0.15) is 0 Å². The second kappa shape index (κ2) is 2.01. The minimum Gasteiger partial charge on any atom is -0.502 e. The smallest absolute Gasteiger partial charge is 0.328 e. The molecule has 0 radical (unpaired) electrons. The van der Waals surface area contributed by atoms with Crippen LogP contribution in [0.5, 0.6) is 11.7 Å². The molecule has 0 saturated carbocycles. The van der Waals surface area contributed by atoms with E-state index in [2.05, 4.69) is 4.74 Å². The van der Waals surface area contributed by atoms with Crippen LogP contribution in [0.3, 0.4) is 0 Å². The Kier molecular flexibility index (Phi) is 1.34. The quantitative estimate of drug-likeness (QED) is 0.619. The minimum absolute atomic E-state index is 0.0509. The molecular formula is C6H8O3. The highest BCUT2D eigenvalue weighted by molar-refractivity contribution is 5.31. The first-order valence-corrected chi connectivity index (χ1v) is 2.57. The minimum atomic E-state index is 0.0509. The molecule has 0 unspecified atom stereocenters. The van der Waals surface area contributed by atoms with E-state index >= 15 is 0 Å². The van der Waals surface area contributed by atoms with Crippen molar-refractivity contribution in [1.29, 1.82) is 0 Å². The predicted octanol–water partition coefficient (Wildman–Crippen LogP) is 1.30. The molecular weight excluding hydrogens is 120 g/mol. The lowest BCUT2D eigenvalue weighted by Gasteiger charge is -1.90. The van der Waals surface area contributed by atoms with E-state index in [4.69, 9.17) is 9.52 Å². The number of aromatic hydroxyl groups is 1. The summed E-state index contributed by atoms with van der Waals surface area (Å²) in [5, 5.41) is 8.91. The van der Waals surface area contributed by atoms with Crippen molar-refractivity contribution in [3.63, 3.8) is 0 Å². The van der Waals surface area contributed by atoms with Crippen molar-refractivity contribution < 1.29 is 14.3 Å². The standard InChI is InChI=1S/C6H8O3/c1-4-3-5(7)6(8-2)9-4/h3,7H,1-2H3. The molecule has 0 atom stereocenters. The van der Waals surface area contributed by atoms with Crippen molar-refractivity contribution in [2.24, 2.45) is 0 Å². The first-order valence-electron chi connectivity index (χ1n) is 2.57. The summed E-state index contributed by atoms with van der Waals surface area (Å²) in [7, 11) is 1.44. The third-order valence-electron chi connectivity index (χ3n) is 0.988. The fourth-order valence-electron chi connectivity index (χ4n) is 0.626. The molecule has 0 aliphatic carbocycles. The molecule has 0 saturated heterocycles. The lowest BCUT2D eigenvalue weighted by atomic mass is 10.5. The fraction of sp³-hybridized carbons (Fsp3) is 0.333. The Morgan fingerprint density at radius 2 is 2.33 bits per heavy atom. The van der Waals surface area contributed by atoms with Crippen molar-refractivity contribution >= 4 is 0 Å². The van der Waals surface area contributed by atoms with Crippen LogP contribution in [0.4, 0.5) is 0 Å². The third kappa shape index (κ3) is 0.988. The third-order valence-corrected chi connectivity index (χ3v) is 0.988. The first-order chi connectivity index (χ1) is 4.24. The van der Waals surface area contributed by atoms with Gasteiger partial charge in [0.25, 0.3) is 0 Å². The van der Waals surface area contributed by atoms with Gasteiger partial charge >= 0.3 is 5.95 Å². The van der Waals surface area contributed by atoms with Crippen LogP contribution in [-0.2, 0) is 0 Å². The fourth-order valence-corrected chi connectivity index (χ4v) is 0.626. The molecule has 1 rings (SSSR count). The molecule has 0 aromatic carbocycles. The molecule has 0 bridgehead atoms. The van der Waals surface area contributed by atoms with Crippen molar-refractivity contribution in [2.75, 3.05) is 7.11 Å². The Morgan fingerprint density at radius 3 is 2.56 bits per heavy atom. The Morgan fingerprint density at radius 1 is 1.67 bits per heavy atom. The van der Waals surface area contributed by atoms with Crippen LogP contribution in [0.1, 0.15) is 5.76 Å². The second-order valence-corrected chi connectivity index (χ2v) is 1.73. The zero-order valence-electron chi connectivity index (χ0n) is 5.34. The monoisotopic (exact) mass is 128 g/mol. The molecule has 1 aromatic heterocycles. The van der Waals surface area contributed by atoms with Gasteiger partial charge in [0.05, 0.1) is 7.11 Å². The molecule has 0 amide bonds. The van der Waals surface area contributed by atoms with E-state index in [1.807, 2.05) is 0 Å². The lowest BCUT2D eigenvalue weighted by molar-refractivity contribution is 0.279. The molecule has 1 N–H and O–H groups in total. The summed E-state index contributed by atoms with van der Waals surface area (Å²) in [6, 6.07) is 1.50. The normalized spacial score (nSPS) is 9.56. The molecule has 1 heterocycles. The number of hydrogen-bond donors (Lipinski definition) is 1. The van der Waals surface area contributed by atoms with Crippen molar-refractivity contribution in [3.8, 4) is 11.7 Å². The van der Waals surface area contributed by atoms with Crippen LogP contribution in [0, 0.1) is 6.92 Å². The number of hydrogen-bond acceptors (Lipinski definition) is 3. The number of rotatable bonds is 1. The molecule has 50 valence electrons. The van der Waals surface area contributed by atoms with Gasteiger partial charge in [0, 0.05) is 6.07 Å². The van der Waals surface area contributed by atoms with Crippen molar-refractivity contribution in [3.05, 3.63) is 11.8 Å². The van der Waals surface area contributed by atoms with Gasteiger partial charge in [-0.1, -0.05) is 0 Å². The Hall–Kier alpha value is -1.12. The summed E-state index contributed by atoms with van der Waals surface area (Å²) in [4.78, 5) is 0. The van der Waals surface area contributed by atoms with Crippen LogP contribution in [0.15, 0.2) is 10.5 Å². The van der Waals surface area contributed by atoms with E-state index in [-0.39, 0.29) is 11.7 Å². The van der Waals surface area contributed by atoms with Gasteiger partial charge in [-0.15, -0.1) is 0 Å². The van der Waals surface area contributed by atoms with Gasteiger partial charge in [0.2, 0.25) is 5.75 Å². The average molecular weight is 128 g/mol. The van der Waals surface area contributed by atoms with E-state index in [1.165, 1.54) is 13.2 Å². The van der Waals surface area contributed by atoms with Crippen molar-refractivity contribution in [1.82, 2.24) is 0 Å². The maximum atomic E-state index is 8.91. The largest absolute Gasteiger partial charge is 0.502 e. The highest BCUT2D eigenvalue weighted by Gasteiger charge is 2.05. The van der Waals surface area contributed by atoms with Gasteiger partial charge in [0.1, 0.15) is 5.76 Å². The number of aryl methyl sites for hydroxylation is 1. The van der Waals surface area contributed by atoms with E-state index < -0.39 is 0 Å². The highest BCUT2D eigenvalue weighted by Crippen LogP contribution is 2.28. The van der Waals surface area contributed by atoms with Crippen LogP contribution < -0.4 is 4.74 Å². The van der Waals surface area contributed by atoms with E-state index in [0.29, 0.717) is 5.76 Å². The zero-order valence-corrected chi connectivity index (χ0v) is 5.34. The van der Waals surface area contributed by atoms with Crippen LogP contribution in [0.2, 0.25) is 0 Å². The molecule has 9 heavy (non-hydrogen) atoms. The predicted molar refractivity (Wildman–Crippen MR) is 31.7 cm³/mol. The Balaban J connectivity index is 3.01. The number of furan rings is 1.